The quantitative estimate of drug-likeness (QED) is 0.766. The number of ketones is 1. The van der Waals surface area contributed by atoms with Gasteiger partial charge < -0.3 is 15.5 Å². The number of nitrogens with one attached hydrogen (secondary N) is 2. The number of para-hydroxylation sites is 2. The largest absolute Gasteiger partial charge is 0.357 e. The number of allylic oxidation sites excluding steroid dienone is 1. The first kappa shape index (κ1) is 21.1. The molecule has 0 spiro atoms. The smallest absolute Gasteiger partial charge is 0.239 e. The fraction of sp³-hybridized carbons (Fsp3) is 0.400. The van der Waals surface area contributed by atoms with Crippen LogP contribution < -0.4 is 15.5 Å². The van der Waals surface area contributed by atoms with Gasteiger partial charge in [-0.3, -0.25) is 14.6 Å². The molecule has 2 heterocycles. The minimum absolute atomic E-state index is 0.0780. The van der Waals surface area contributed by atoms with Gasteiger partial charge in [-0.1, -0.05) is 39.0 Å². The van der Waals surface area contributed by atoms with Crippen molar-refractivity contribution in [2.24, 2.45) is 5.41 Å². The first-order valence-electron chi connectivity index (χ1n) is 10.9. The summed E-state index contributed by atoms with van der Waals surface area (Å²) in [4.78, 5) is 32.5. The average molecular weight is 419 g/mol. The number of amides is 1. The summed E-state index contributed by atoms with van der Waals surface area (Å²) >= 11 is 0. The van der Waals surface area contributed by atoms with Crippen molar-refractivity contribution in [3.63, 3.8) is 0 Å². The number of pyridine rings is 1. The van der Waals surface area contributed by atoms with E-state index < -0.39 is 0 Å². The third-order valence-electron chi connectivity index (χ3n) is 6.02. The number of aromatic nitrogens is 1. The highest BCUT2D eigenvalue weighted by molar-refractivity contribution is 6.01. The molecule has 1 aliphatic heterocycles. The fourth-order valence-corrected chi connectivity index (χ4v) is 4.67. The van der Waals surface area contributed by atoms with E-state index in [1.54, 1.807) is 6.20 Å². The third kappa shape index (κ3) is 4.48. The number of Topliss-reactive ketones (excluding diaryl/α,β-unsaturated/α-hetero) is 1. The lowest BCUT2D eigenvalue weighted by Crippen LogP contribution is -2.46. The molecular weight excluding hydrogens is 388 g/mol. The Labute approximate surface area is 183 Å². The molecule has 1 aromatic carbocycles. The Balaban J connectivity index is 1.64. The van der Waals surface area contributed by atoms with Crippen LogP contribution in [-0.2, 0) is 16.1 Å². The van der Waals surface area contributed by atoms with Crippen molar-refractivity contribution in [2.45, 2.75) is 52.6 Å². The van der Waals surface area contributed by atoms with E-state index in [1.165, 1.54) is 0 Å². The second kappa shape index (κ2) is 8.53. The number of carbonyl (C=O) groups is 2. The zero-order chi connectivity index (χ0) is 22.0. The molecule has 0 bridgehead atoms. The van der Waals surface area contributed by atoms with Crippen LogP contribution in [0, 0.1) is 5.41 Å². The highest BCUT2D eigenvalue weighted by Crippen LogP contribution is 2.44. The van der Waals surface area contributed by atoms with Crippen molar-refractivity contribution >= 4 is 23.1 Å². The van der Waals surface area contributed by atoms with E-state index in [0.717, 1.165) is 41.2 Å². The lowest BCUT2D eigenvalue weighted by atomic mass is 9.74. The number of rotatable bonds is 5. The van der Waals surface area contributed by atoms with Crippen LogP contribution in [-0.4, -0.2) is 29.3 Å². The molecule has 1 aromatic heterocycles. The molecule has 2 aromatic rings. The molecule has 6 nitrogen and oxygen atoms in total. The van der Waals surface area contributed by atoms with Crippen LogP contribution in [0.25, 0.3) is 0 Å². The van der Waals surface area contributed by atoms with E-state index in [4.69, 9.17) is 0 Å². The summed E-state index contributed by atoms with van der Waals surface area (Å²) in [5, 5.41) is 6.52. The van der Waals surface area contributed by atoms with E-state index in [1.807, 2.05) is 42.5 Å². The zero-order valence-corrected chi connectivity index (χ0v) is 18.4. The lowest BCUT2D eigenvalue weighted by molar-refractivity contribution is -0.121. The maximum Gasteiger partial charge on any atom is 0.239 e. The van der Waals surface area contributed by atoms with Crippen molar-refractivity contribution in [1.29, 1.82) is 0 Å². The molecule has 1 unspecified atom stereocenters. The molecule has 31 heavy (non-hydrogen) atoms. The number of nitrogens with zero attached hydrogens (tertiary/aromatic N) is 2. The summed E-state index contributed by atoms with van der Waals surface area (Å²) in [7, 11) is 0. The molecule has 0 saturated heterocycles. The van der Waals surface area contributed by atoms with Crippen LogP contribution in [0.5, 0.6) is 0 Å². The Kier molecular flexibility index (Phi) is 5.81. The van der Waals surface area contributed by atoms with Gasteiger partial charge in [0.25, 0.3) is 0 Å². The molecular formula is C25H30N4O2. The van der Waals surface area contributed by atoms with Gasteiger partial charge in [-0.25, -0.2) is 0 Å². The first-order chi connectivity index (χ1) is 14.9. The van der Waals surface area contributed by atoms with Crippen molar-refractivity contribution in [3.05, 3.63) is 65.6 Å². The maximum absolute atomic E-state index is 13.2. The molecule has 2 aliphatic rings. The fourth-order valence-electron chi connectivity index (χ4n) is 4.67. The molecule has 0 fully saturated rings. The molecule has 1 amide bonds. The van der Waals surface area contributed by atoms with Crippen molar-refractivity contribution < 1.29 is 9.59 Å². The number of hydrogen-bond donors (Lipinski definition) is 2. The van der Waals surface area contributed by atoms with Gasteiger partial charge in [0.1, 0.15) is 0 Å². The van der Waals surface area contributed by atoms with Crippen molar-refractivity contribution in [3.8, 4) is 0 Å². The van der Waals surface area contributed by atoms with Crippen LogP contribution in [0.15, 0.2) is 59.9 Å². The number of benzene rings is 1. The molecule has 6 heteroatoms. The minimum atomic E-state index is -0.143. The Bertz CT molecular complexity index is 1010. The molecule has 1 aliphatic carbocycles. The Hall–Kier alpha value is -3.15. The predicted molar refractivity (Wildman–Crippen MR) is 123 cm³/mol. The van der Waals surface area contributed by atoms with Gasteiger partial charge in [-0.15, -0.1) is 0 Å². The number of hydrogen-bond acceptors (Lipinski definition) is 5. The number of fused-ring (bicyclic) bond motifs is 1. The van der Waals surface area contributed by atoms with Gasteiger partial charge in [0.15, 0.2) is 5.78 Å². The SMILES string of the molecule is CCC1C2=C(CC(C)(C)CC2=O)Nc2ccccc2N1CC(=O)NCc1ccccn1. The number of carbonyl (C=O) groups excluding carboxylic acids is 2. The Morgan fingerprint density at radius 1 is 1.19 bits per heavy atom. The summed E-state index contributed by atoms with van der Waals surface area (Å²) in [6, 6.07) is 13.5. The minimum Gasteiger partial charge on any atom is -0.357 e. The standard InChI is InChI=1S/C25H30N4O2/c1-4-20-24-19(13-25(2,3)14-22(24)30)28-18-10-5-6-11-21(18)29(20)16-23(31)27-15-17-9-7-8-12-26-17/h5-12,20,28H,4,13-16H2,1-3H3,(H,27,31). The summed E-state index contributed by atoms with van der Waals surface area (Å²) in [6.07, 6.45) is 3.81. The van der Waals surface area contributed by atoms with E-state index in [0.29, 0.717) is 13.0 Å². The van der Waals surface area contributed by atoms with Crippen LogP contribution >= 0.6 is 0 Å². The van der Waals surface area contributed by atoms with Crippen LogP contribution in [0.2, 0.25) is 0 Å². The molecule has 0 saturated carbocycles. The summed E-state index contributed by atoms with van der Waals surface area (Å²) in [5.41, 5.74) is 4.45. The Morgan fingerprint density at radius 3 is 2.71 bits per heavy atom. The van der Waals surface area contributed by atoms with Gasteiger partial charge in [0.2, 0.25) is 5.91 Å². The van der Waals surface area contributed by atoms with Crippen LogP contribution in [0.3, 0.4) is 0 Å². The van der Waals surface area contributed by atoms with Gasteiger partial charge >= 0.3 is 0 Å². The predicted octanol–water partition coefficient (Wildman–Crippen LogP) is 4.05. The van der Waals surface area contributed by atoms with Crippen LogP contribution in [0.4, 0.5) is 11.4 Å². The van der Waals surface area contributed by atoms with Crippen LogP contribution in [0.1, 0.15) is 45.7 Å². The van der Waals surface area contributed by atoms with Gasteiger partial charge in [0.05, 0.1) is 36.2 Å². The summed E-state index contributed by atoms with van der Waals surface area (Å²) in [5.74, 6) is 0.0869. The second-order valence-corrected chi connectivity index (χ2v) is 9.13. The van der Waals surface area contributed by atoms with E-state index >= 15 is 0 Å². The highest BCUT2D eigenvalue weighted by atomic mass is 16.2. The van der Waals surface area contributed by atoms with E-state index in [9.17, 15) is 9.59 Å². The molecule has 0 radical (unpaired) electrons. The van der Waals surface area contributed by atoms with Gasteiger partial charge in [0, 0.05) is 23.9 Å². The zero-order valence-electron chi connectivity index (χ0n) is 18.4. The monoisotopic (exact) mass is 418 g/mol. The topological polar surface area (TPSA) is 74.3 Å². The van der Waals surface area contributed by atoms with E-state index in [-0.39, 0.29) is 29.7 Å². The average Bonchev–Trinajstić information content (AvgIpc) is 2.86. The molecule has 1 atom stereocenters. The normalized spacial score (nSPS) is 19.8. The summed E-state index contributed by atoms with van der Waals surface area (Å²) in [6.45, 7) is 6.91. The highest BCUT2D eigenvalue weighted by Gasteiger charge is 2.40. The van der Waals surface area contributed by atoms with Crippen molar-refractivity contribution in [2.75, 3.05) is 16.8 Å². The molecule has 2 N–H and O–H groups in total. The summed E-state index contributed by atoms with van der Waals surface area (Å²) < 4.78 is 0. The van der Waals surface area contributed by atoms with E-state index in [2.05, 4.69) is 41.3 Å². The lowest BCUT2D eigenvalue weighted by Gasteiger charge is -2.37. The Morgan fingerprint density at radius 2 is 1.97 bits per heavy atom. The number of anilines is 2. The first-order valence-corrected chi connectivity index (χ1v) is 10.9. The third-order valence-corrected chi connectivity index (χ3v) is 6.02. The molecule has 162 valence electrons. The molecule has 4 rings (SSSR count). The van der Waals surface area contributed by atoms with Gasteiger partial charge in [-0.05, 0) is 42.5 Å². The van der Waals surface area contributed by atoms with Gasteiger partial charge in [-0.2, -0.15) is 0 Å². The van der Waals surface area contributed by atoms with Crippen molar-refractivity contribution in [1.82, 2.24) is 10.3 Å². The maximum atomic E-state index is 13.2. The second-order valence-electron chi connectivity index (χ2n) is 9.13.